The van der Waals surface area contributed by atoms with Gasteiger partial charge >= 0.3 is 0 Å². The summed E-state index contributed by atoms with van der Waals surface area (Å²) >= 11 is 0. The van der Waals surface area contributed by atoms with Crippen LogP contribution in [0.2, 0.25) is 0 Å². The molecule has 1 saturated carbocycles. The zero-order valence-corrected chi connectivity index (χ0v) is 22.3. The van der Waals surface area contributed by atoms with Crippen molar-refractivity contribution in [2.24, 2.45) is 5.92 Å². The molecule has 1 aliphatic heterocycles. The highest BCUT2D eigenvalue weighted by atomic mass is 31.2. The first-order valence-corrected chi connectivity index (χ1v) is 15.2. The number of alkyl halides is 1. The maximum absolute atomic E-state index is 15.5. The van der Waals surface area contributed by atoms with E-state index in [0.29, 0.717) is 25.3 Å². The van der Waals surface area contributed by atoms with Crippen LogP contribution in [0.5, 0.6) is 0 Å². The molecule has 0 radical (unpaired) electrons. The van der Waals surface area contributed by atoms with Gasteiger partial charge < -0.3 is 14.9 Å². The van der Waals surface area contributed by atoms with E-state index in [9.17, 15) is 0 Å². The molecule has 0 spiro atoms. The molecule has 2 aromatic carbocycles. The summed E-state index contributed by atoms with van der Waals surface area (Å²) in [5.41, 5.74) is 3.49. The minimum atomic E-state index is -1.90. The Morgan fingerprint density at radius 2 is 1.79 bits per heavy atom. The number of hydrogen-bond donors (Lipinski definition) is 1. The van der Waals surface area contributed by atoms with Crippen molar-refractivity contribution in [3.63, 3.8) is 0 Å². The lowest BCUT2D eigenvalue weighted by atomic mass is 9.86. The second-order valence-electron chi connectivity index (χ2n) is 10.7. The lowest BCUT2D eigenvalue weighted by Crippen LogP contribution is -2.40. The predicted octanol–water partition coefficient (Wildman–Crippen LogP) is 7.41. The van der Waals surface area contributed by atoms with Crippen LogP contribution in [0.25, 0.3) is 0 Å². The Hall–Kier alpha value is -2.19. The predicted molar refractivity (Wildman–Crippen MR) is 151 cm³/mol. The zero-order valence-electron chi connectivity index (χ0n) is 21.4. The van der Waals surface area contributed by atoms with Gasteiger partial charge in [-0.05, 0) is 74.0 Å². The number of halogens is 1. The molecule has 2 aliphatic rings. The van der Waals surface area contributed by atoms with Crippen LogP contribution in [-0.4, -0.2) is 31.7 Å². The van der Waals surface area contributed by atoms with Gasteiger partial charge in [-0.25, -0.2) is 4.39 Å². The third kappa shape index (κ3) is 5.08. The summed E-state index contributed by atoms with van der Waals surface area (Å²) in [5, 5.41) is 4.67. The van der Waals surface area contributed by atoms with Crippen LogP contribution < -0.4 is 20.2 Å². The van der Waals surface area contributed by atoms with E-state index in [4.69, 9.17) is 6.30 Å². The Balaban J connectivity index is 1.63. The fraction of sp³-hybridized carbons (Fsp3) is 0.483. The number of benzene rings is 2. The molecule has 5 heteroatoms. The summed E-state index contributed by atoms with van der Waals surface area (Å²) in [5.74, 6) is 1.29. The molecule has 1 aliphatic carbocycles. The van der Waals surface area contributed by atoms with Crippen LogP contribution in [0, 0.1) is 5.92 Å². The molecule has 1 N–H and O–H groups in total. The van der Waals surface area contributed by atoms with Crippen molar-refractivity contribution in [1.82, 2.24) is 0 Å². The molecule has 1 unspecified atom stereocenters. The smallest absolute Gasteiger partial charge is 0.128 e. The maximum atomic E-state index is 15.5. The molecule has 3 nitrogen and oxygen atoms in total. The first-order valence-electron chi connectivity index (χ1n) is 12.8. The minimum absolute atomic E-state index is 0.380. The molecule has 0 saturated heterocycles. The third-order valence-electron chi connectivity index (χ3n) is 7.34. The van der Waals surface area contributed by atoms with Gasteiger partial charge in [0.1, 0.15) is 11.5 Å². The number of hydrogen-bond acceptors (Lipinski definition) is 3. The van der Waals surface area contributed by atoms with E-state index in [1.807, 2.05) is 4.90 Å². The van der Waals surface area contributed by atoms with Gasteiger partial charge in [-0.2, -0.15) is 0 Å². The van der Waals surface area contributed by atoms with Crippen LogP contribution in [0.3, 0.4) is 0 Å². The van der Waals surface area contributed by atoms with E-state index in [1.165, 1.54) is 16.6 Å². The average Bonchev–Trinajstić information content (AvgIpc) is 3.11. The Morgan fingerprint density at radius 3 is 2.41 bits per heavy atom. The number of fused-ring (bicyclic) bond motifs is 1. The number of rotatable bonds is 8. The number of aryl methyl sites for hydroxylation is 1. The second-order valence-corrected chi connectivity index (χ2v) is 14.0. The summed E-state index contributed by atoms with van der Waals surface area (Å²) < 4.78 is 18.0. The van der Waals surface area contributed by atoms with Crippen LogP contribution in [0.4, 0.5) is 21.5 Å². The van der Waals surface area contributed by atoms with Gasteiger partial charge in [0, 0.05) is 12.2 Å². The molecule has 1 atom stereocenters. The van der Waals surface area contributed by atoms with Crippen LogP contribution in [0.1, 0.15) is 58.4 Å². The molecule has 0 bridgehead atoms. The Labute approximate surface area is 206 Å². The zero-order chi connectivity index (χ0) is 24.5. The van der Waals surface area contributed by atoms with Crippen molar-refractivity contribution in [1.29, 1.82) is 0 Å². The van der Waals surface area contributed by atoms with E-state index in [0.717, 1.165) is 49.4 Å². The molecular weight excluding hydrogens is 440 g/mol. The van der Waals surface area contributed by atoms with Gasteiger partial charge in [-0.1, -0.05) is 71.1 Å². The van der Waals surface area contributed by atoms with Crippen LogP contribution in [0.15, 0.2) is 54.9 Å². The van der Waals surface area contributed by atoms with Gasteiger partial charge in [0.05, 0.1) is 17.9 Å². The molecule has 1 fully saturated rings. The topological polar surface area (TPSA) is 18.5 Å². The van der Waals surface area contributed by atoms with Gasteiger partial charge in [-0.15, -0.1) is 0 Å². The van der Waals surface area contributed by atoms with Gasteiger partial charge in [0.25, 0.3) is 0 Å². The van der Waals surface area contributed by atoms with Crippen LogP contribution >= 0.6 is 7.04 Å². The number of anilines is 3. The molecule has 4 rings (SSSR count). The summed E-state index contributed by atoms with van der Waals surface area (Å²) in [6.07, 6.45) is 10.2. The van der Waals surface area contributed by atoms with E-state index < -0.39 is 12.7 Å². The third-order valence-corrected chi connectivity index (χ3v) is 10.2. The van der Waals surface area contributed by atoms with Crippen molar-refractivity contribution in [3.05, 3.63) is 60.4 Å². The fourth-order valence-corrected chi connectivity index (χ4v) is 7.68. The number of nitrogens with zero attached hydrogens (tertiary/aromatic N) is 2. The molecule has 34 heavy (non-hydrogen) atoms. The first kappa shape index (κ1) is 24.9. The van der Waals surface area contributed by atoms with Crippen molar-refractivity contribution < 1.29 is 4.39 Å². The Kier molecular flexibility index (Phi) is 7.20. The Morgan fingerprint density at radius 1 is 1.12 bits per heavy atom. The molecule has 0 amide bonds. The fourth-order valence-electron chi connectivity index (χ4n) is 5.26. The lowest BCUT2D eigenvalue weighted by molar-refractivity contribution is 0.116. The normalized spacial score (nSPS) is 19.0. The van der Waals surface area contributed by atoms with Gasteiger partial charge in [0.2, 0.25) is 0 Å². The summed E-state index contributed by atoms with van der Waals surface area (Å²) in [6, 6.07) is 15.5. The van der Waals surface area contributed by atoms with Gasteiger partial charge in [-0.3, -0.25) is 0 Å². The van der Waals surface area contributed by atoms with E-state index >= 15 is 4.39 Å². The largest absolute Gasteiger partial charge is 0.349 e. The monoisotopic (exact) mass is 481 g/mol. The van der Waals surface area contributed by atoms with Crippen LogP contribution in [-0.2, 0) is 6.42 Å². The minimum Gasteiger partial charge on any atom is -0.349 e. The highest BCUT2D eigenvalue weighted by molar-refractivity contribution is 7.81. The SMILES string of the molecule is C=C1Nc2cc(P(=C)(C)N(CC(C)C)c3ccc(CC)cc3)ccc2N1CC1(F)CCCCC1. The first-order chi connectivity index (χ1) is 16.1. The second kappa shape index (κ2) is 9.82. The molecule has 2 aromatic rings. The highest BCUT2D eigenvalue weighted by Crippen LogP contribution is 2.49. The standard InChI is InChI=1S/C29H41FN3P/c1-7-24-11-13-25(14-12-24)33(20-22(2)3)34(5,6)26-15-16-28-27(19-26)31-23(4)32(28)21-29(30)17-9-8-10-18-29/h11-16,19,22,31H,4-5,7-10,17-18,20-21H2,1-3,6H3. The summed E-state index contributed by atoms with van der Waals surface area (Å²) in [4.78, 5) is 2.04. The van der Waals surface area contributed by atoms with Gasteiger partial charge in [0.15, 0.2) is 0 Å². The molecule has 184 valence electrons. The van der Waals surface area contributed by atoms with Crippen molar-refractivity contribution >= 4 is 35.7 Å². The van der Waals surface area contributed by atoms with E-state index in [1.54, 1.807) is 0 Å². The van der Waals surface area contributed by atoms with E-state index in [-0.39, 0.29) is 0 Å². The van der Waals surface area contributed by atoms with E-state index in [2.05, 4.69) is 86.5 Å². The van der Waals surface area contributed by atoms with Crippen molar-refractivity contribution in [3.8, 4) is 0 Å². The highest BCUT2D eigenvalue weighted by Gasteiger charge is 2.37. The molecule has 1 heterocycles. The molecular formula is C29H41FN3P. The van der Waals surface area contributed by atoms with Crippen molar-refractivity contribution in [2.75, 3.05) is 34.6 Å². The number of nitrogens with one attached hydrogen (secondary N) is 1. The lowest BCUT2D eigenvalue weighted by Gasteiger charge is -2.38. The average molecular weight is 482 g/mol. The summed E-state index contributed by atoms with van der Waals surface area (Å²) in [7, 11) is -1.90. The summed E-state index contributed by atoms with van der Waals surface area (Å²) in [6.45, 7) is 14.5. The maximum Gasteiger partial charge on any atom is 0.128 e. The molecule has 0 aromatic heterocycles. The Bertz CT molecular complexity index is 1070. The van der Waals surface area contributed by atoms with Crippen molar-refractivity contribution in [2.45, 2.75) is 65.0 Å². The quantitative estimate of drug-likeness (QED) is 0.396.